The van der Waals surface area contributed by atoms with Crippen LogP contribution in [0.1, 0.15) is 24.7 Å². The number of anilines is 1. The molecule has 4 heteroatoms. The lowest BCUT2D eigenvalue weighted by Crippen LogP contribution is -2.04. The lowest BCUT2D eigenvalue weighted by Gasteiger charge is -2.06. The van der Waals surface area contributed by atoms with Crippen molar-refractivity contribution in [2.45, 2.75) is 27.2 Å². The summed E-state index contributed by atoms with van der Waals surface area (Å²) < 4.78 is 0. The summed E-state index contributed by atoms with van der Waals surface area (Å²) in [7, 11) is 0. The number of aryl methyl sites for hydroxylation is 2. The van der Waals surface area contributed by atoms with E-state index >= 15 is 0 Å². The number of fused-ring (bicyclic) bond motifs is 1. The summed E-state index contributed by atoms with van der Waals surface area (Å²) in [5, 5.41) is 4.44. The van der Waals surface area contributed by atoms with Gasteiger partial charge in [0.05, 0.1) is 5.39 Å². The summed E-state index contributed by atoms with van der Waals surface area (Å²) >= 11 is 0. The number of aromatic amines is 1. The third-order valence-corrected chi connectivity index (χ3v) is 2.38. The highest BCUT2D eigenvalue weighted by Crippen LogP contribution is 2.23. The van der Waals surface area contributed by atoms with E-state index in [-0.39, 0.29) is 0 Å². The first-order chi connectivity index (χ1) is 7.22. The number of nitrogens with one attached hydrogen (secondary N) is 2. The van der Waals surface area contributed by atoms with Crippen molar-refractivity contribution in [1.29, 1.82) is 0 Å². The summed E-state index contributed by atoms with van der Waals surface area (Å²) in [6, 6.07) is 0. The Hall–Kier alpha value is -1.58. The van der Waals surface area contributed by atoms with Crippen LogP contribution >= 0.6 is 0 Å². The molecule has 2 heterocycles. The first kappa shape index (κ1) is 9.96. The van der Waals surface area contributed by atoms with Gasteiger partial charge in [0.1, 0.15) is 17.3 Å². The normalized spacial score (nSPS) is 10.9. The van der Waals surface area contributed by atoms with E-state index in [1.807, 2.05) is 13.1 Å². The second-order valence-corrected chi connectivity index (χ2v) is 3.74. The number of H-pyrrole nitrogens is 1. The molecule has 2 aromatic heterocycles. The molecule has 0 fully saturated rings. The Kier molecular flexibility index (Phi) is 2.58. The molecule has 0 unspecified atom stereocenters. The fourth-order valence-corrected chi connectivity index (χ4v) is 1.67. The van der Waals surface area contributed by atoms with Crippen LogP contribution in [0.25, 0.3) is 11.0 Å². The van der Waals surface area contributed by atoms with Crippen LogP contribution in [0.4, 0.5) is 5.82 Å². The highest BCUT2D eigenvalue weighted by Gasteiger charge is 2.08. The van der Waals surface area contributed by atoms with E-state index in [0.717, 1.165) is 35.6 Å². The SMILES string of the molecule is CCCNc1nc(C)nc2[nH]cc(C)c12. The molecule has 0 aliphatic heterocycles. The molecule has 4 nitrogen and oxygen atoms in total. The van der Waals surface area contributed by atoms with Gasteiger partial charge in [-0.2, -0.15) is 0 Å². The molecule has 2 aromatic rings. The van der Waals surface area contributed by atoms with E-state index in [9.17, 15) is 0 Å². The van der Waals surface area contributed by atoms with Gasteiger partial charge in [0, 0.05) is 12.7 Å². The summed E-state index contributed by atoms with van der Waals surface area (Å²) in [5.74, 6) is 1.74. The molecule has 0 amide bonds. The van der Waals surface area contributed by atoms with Crippen LogP contribution in [0.5, 0.6) is 0 Å². The van der Waals surface area contributed by atoms with Crippen molar-refractivity contribution in [3.05, 3.63) is 17.6 Å². The first-order valence-corrected chi connectivity index (χ1v) is 5.28. The molecule has 0 atom stereocenters. The van der Waals surface area contributed by atoms with Crippen molar-refractivity contribution < 1.29 is 0 Å². The molecular weight excluding hydrogens is 188 g/mol. The topological polar surface area (TPSA) is 53.6 Å². The van der Waals surface area contributed by atoms with Crippen molar-refractivity contribution in [1.82, 2.24) is 15.0 Å². The Morgan fingerprint density at radius 2 is 2.13 bits per heavy atom. The molecule has 0 spiro atoms. The number of hydrogen-bond acceptors (Lipinski definition) is 3. The molecular formula is C11H16N4. The van der Waals surface area contributed by atoms with E-state index in [0.29, 0.717) is 0 Å². The van der Waals surface area contributed by atoms with E-state index in [1.165, 1.54) is 5.56 Å². The maximum Gasteiger partial charge on any atom is 0.143 e. The lowest BCUT2D eigenvalue weighted by atomic mass is 10.2. The zero-order valence-corrected chi connectivity index (χ0v) is 9.39. The minimum Gasteiger partial charge on any atom is -0.369 e. The zero-order valence-electron chi connectivity index (χ0n) is 9.39. The zero-order chi connectivity index (χ0) is 10.8. The molecule has 2 N–H and O–H groups in total. The van der Waals surface area contributed by atoms with Gasteiger partial charge in [-0.05, 0) is 25.8 Å². The highest BCUT2D eigenvalue weighted by atomic mass is 15.0. The van der Waals surface area contributed by atoms with Crippen LogP contribution in [0.2, 0.25) is 0 Å². The number of rotatable bonds is 3. The minimum absolute atomic E-state index is 0.794. The average Bonchev–Trinajstić information content (AvgIpc) is 2.56. The van der Waals surface area contributed by atoms with E-state index < -0.39 is 0 Å². The van der Waals surface area contributed by atoms with Gasteiger partial charge in [-0.25, -0.2) is 9.97 Å². The Balaban J connectivity index is 2.53. The van der Waals surface area contributed by atoms with Crippen LogP contribution in [0.15, 0.2) is 6.20 Å². The highest BCUT2D eigenvalue weighted by molar-refractivity contribution is 5.90. The monoisotopic (exact) mass is 204 g/mol. The van der Waals surface area contributed by atoms with Gasteiger partial charge in [-0.15, -0.1) is 0 Å². The largest absolute Gasteiger partial charge is 0.369 e. The van der Waals surface area contributed by atoms with Crippen LogP contribution in [0, 0.1) is 13.8 Å². The maximum absolute atomic E-state index is 4.43. The maximum atomic E-state index is 4.43. The lowest BCUT2D eigenvalue weighted by molar-refractivity contribution is 0.961. The minimum atomic E-state index is 0.794. The van der Waals surface area contributed by atoms with Crippen molar-refractivity contribution >= 4 is 16.9 Å². The molecule has 0 aliphatic rings. The Labute approximate surface area is 89.1 Å². The van der Waals surface area contributed by atoms with Crippen LogP contribution in [0.3, 0.4) is 0 Å². The summed E-state index contributed by atoms with van der Waals surface area (Å²) in [5.41, 5.74) is 2.10. The van der Waals surface area contributed by atoms with E-state index in [2.05, 4.69) is 34.1 Å². The Bertz CT molecular complexity index is 473. The molecule has 0 saturated heterocycles. The molecule has 0 saturated carbocycles. The smallest absolute Gasteiger partial charge is 0.143 e. The van der Waals surface area contributed by atoms with Crippen LogP contribution in [-0.4, -0.2) is 21.5 Å². The summed E-state index contributed by atoms with van der Waals surface area (Å²) in [6.07, 6.45) is 3.06. The Morgan fingerprint density at radius 1 is 1.33 bits per heavy atom. The van der Waals surface area contributed by atoms with Crippen molar-refractivity contribution in [2.75, 3.05) is 11.9 Å². The molecule has 2 rings (SSSR count). The summed E-state index contributed by atoms with van der Waals surface area (Å²) in [4.78, 5) is 11.9. The van der Waals surface area contributed by atoms with Gasteiger partial charge in [0.15, 0.2) is 0 Å². The standard InChI is InChI=1S/C11H16N4/c1-4-5-12-10-9-7(2)6-13-11(9)15-8(3)14-10/h6H,4-5H2,1-3H3,(H2,12,13,14,15). The predicted molar refractivity (Wildman–Crippen MR) is 62.1 cm³/mol. The van der Waals surface area contributed by atoms with Gasteiger partial charge in [0.25, 0.3) is 0 Å². The summed E-state index contributed by atoms with van der Waals surface area (Å²) in [6.45, 7) is 7.06. The fourth-order valence-electron chi connectivity index (χ4n) is 1.67. The fraction of sp³-hybridized carbons (Fsp3) is 0.455. The predicted octanol–water partition coefficient (Wildman–Crippen LogP) is 2.40. The third-order valence-electron chi connectivity index (χ3n) is 2.38. The van der Waals surface area contributed by atoms with Crippen molar-refractivity contribution in [3.63, 3.8) is 0 Å². The van der Waals surface area contributed by atoms with Gasteiger partial charge >= 0.3 is 0 Å². The molecule has 15 heavy (non-hydrogen) atoms. The van der Waals surface area contributed by atoms with Gasteiger partial charge in [-0.1, -0.05) is 6.92 Å². The number of nitrogens with zero attached hydrogens (tertiary/aromatic N) is 2. The second-order valence-electron chi connectivity index (χ2n) is 3.74. The van der Waals surface area contributed by atoms with Gasteiger partial charge in [0.2, 0.25) is 0 Å². The number of hydrogen-bond donors (Lipinski definition) is 2. The van der Waals surface area contributed by atoms with Crippen molar-refractivity contribution in [2.24, 2.45) is 0 Å². The second kappa shape index (κ2) is 3.88. The molecule has 0 aromatic carbocycles. The molecule has 80 valence electrons. The van der Waals surface area contributed by atoms with E-state index in [4.69, 9.17) is 0 Å². The molecule has 0 aliphatic carbocycles. The quantitative estimate of drug-likeness (QED) is 0.807. The van der Waals surface area contributed by atoms with Crippen molar-refractivity contribution in [3.8, 4) is 0 Å². The van der Waals surface area contributed by atoms with Gasteiger partial charge < -0.3 is 10.3 Å². The molecule has 0 radical (unpaired) electrons. The first-order valence-electron chi connectivity index (χ1n) is 5.28. The van der Waals surface area contributed by atoms with E-state index in [1.54, 1.807) is 0 Å². The van der Waals surface area contributed by atoms with Crippen LogP contribution < -0.4 is 5.32 Å². The van der Waals surface area contributed by atoms with Crippen LogP contribution in [-0.2, 0) is 0 Å². The third kappa shape index (κ3) is 1.79. The molecule has 0 bridgehead atoms. The van der Waals surface area contributed by atoms with Gasteiger partial charge in [-0.3, -0.25) is 0 Å². The number of aromatic nitrogens is 3. The Morgan fingerprint density at radius 3 is 2.87 bits per heavy atom. The average molecular weight is 204 g/mol.